The van der Waals surface area contributed by atoms with Crippen LogP contribution >= 0.6 is 0 Å². The van der Waals surface area contributed by atoms with Crippen molar-refractivity contribution in [1.29, 1.82) is 0 Å². The number of carbonyl (C=O) groups excluding carboxylic acids is 1. The van der Waals surface area contributed by atoms with Crippen LogP contribution in [0.15, 0.2) is 18.2 Å². The molecule has 1 aliphatic rings. The Hall–Kier alpha value is -1.71. The van der Waals surface area contributed by atoms with E-state index in [1.165, 1.54) is 11.3 Å². The first-order valence-electron chi connectivity index (χ1n) is 6.04. The standard InChI is InChI=1S/C13H19N3O/c1-15-13(17)3-2-7-16-8-6-10-9-11(14)4-5-12(10)16/h4-5,9H,2-3,6-8,14H2,1H3,(H,15,17). The van der Waals surface area contributed by atoms with E-state index in [4.69, 9.17) is 5.73 Å². The number of nitrogens with zero attached hydrogens (tertiary/aromatic N) is 1. The van der Waals surface area contributed by atoms with E-state index >= 15 is 0 Å². The number of fused-ring (bicyclic) bond motifs is 1. The SMILES string of the molecule is CNC(=O)CCCN1CCc2cc(N)ccc21. The van der Waals surface area contributed by atoms with Gasteiger partial charge in [0.2, 0.25) is 5.91 Å². The Balaban J connectivity index is 1.91. The number of anilines is 2. The summed E-state index contributed by atoms with van der Waals surface area (Å²) in [5, 5.41) is 2.64. The van der Waals surface area contributed by atoms with Crippen molar-refractivity contribution < 1.29 is 4.79 Å². The quantitative estimate of drug-likeness (QED) is 0.767. The molecule has 17 heavy (non-hydrogen) atoms. The fraction of sp³-hybridized carbons (Fsp3) is 0.462. The van der Waals surface area contributed by atoms with Gasteiger partial charge in [-0.3, -0.25) is 4.79 Å². The van der Waals surface area contributed by atoms with Crippen LogP contribution in [0.4, 0.5) is 11.4 Å². The highest BCUT2D eigenvalue weighted by Gasteiger charge is 2.18. The van der Waals surface area contributed by atoms with Gasteiger partial charge in [-0.15, -0.1) is 0 Å². The highest BCUT2D eigenvalue weighted by Crippen LogP contribution is 2.29. The van der Waals surface area contributed by atoms with Crippen molar-refractivity contribution in [3.05, 3.63) is 23.8 Å². The molecule has 0 fully saturated rings. The second-order valence-corrected chi connectivity index (χ2v) is 4.40. The molecule has 1 aromatic rings. The maximum absolute atomic E-state index is 11.1. The normalized spacial score (nSPS) is 13.6. The van der Waals surface area contributed by atoms with Crippen molar-refractivity contribution in [3.63, 3.8) is 0 Å². The summed E-state index contributed by atoms with van der Waals surface area (Å²) < 4.78 is 0. The van der Waals surface area contributed by atoms with Crippen LogP contribution < -0.4 is 16.0 Å². The number of carbonyl (C=O) groups is 1. The summed E-state index contributed by atoms with van der Waals surface area (Å²) in [6.45, 7) is 1.97. The molecule has 1 aliphatic heterocycles. The highest BCUT2D eigenvalue weighted by atomic mass is 16.1. The number of hydrogen-bond donors (Lipinski definition) is 2. The fourth-order valence-electron chi connectivity index (χ4n) is 2.28. The third-order valence-electron chi connectivity index (χ3n) is 3.21. The van der Waals surface area contributed by atoms with E-state index in [-0.39, 0.29) is 5.91 Å². The topological polar surface area (TPSA) is 58.4 Å². The van der Waals surface area contributed by atoms with Gasteiger partial charge in [0.1, 0.15) is 0 Å². The molecule has 92 valence electrons. The molecule has 1 amide bonds. The van der Waals surface area contributed by atoms with Crippen LogP contribution in [0.1, 0.15) is 18.4 Å². The van der Waals surface area contributed by atoms with Crippen molar-refractivity contribution in [2.45, 2.75) is 19.3 Å². The van der Waals surface area contributed by atoms with E-state index in [1.807, 2.05) is 12.1 Å². The van der Waals surface area contributed by atoms with E-state index < -0.39 is 0 Å². The van der Waals surface area contributed by atoms with Gasteiger partial charge in [0.25, 0.3) is 0 Å². The summed E-state index contributed by atoms with van der Waals surface area (Å²) in [7, 11) is 1.68. The molecular weight excluding hydrogens is 214 g/mol. The van der Waals surface area contributed by atoms with Gasteiger partial charge in [0, 0.05) is 37.9 Å². The van der Waals surface area contributed by atoms with Gasteiger partial charge in [-0.2, -0.15) is 0 Å². The molecule has 4 nitrogen and oxygen atoms in total. The molecule has 0 bridgehead atoms. The molecule has 0 atom stereocenters. The number of nitrogens with one attached hydrogen (secondary N) is 1. The zero-order valence-electron chi connectivity index (χ0n) is 10.2. The monoisotopic (exact) mass is 233 g/mol. The molecule has 2 rings (SSSR count). The van der Waals surface area contributed by atoms with Gasteiger partial charge in [0.15, 0.2) is 0 Å². The molecule has 0 aromatic heterocycles. The van der Waals surface area contributed by atoms with E-state index in [9.17, 15) is 4.79 Å². The minimum Gasteiger partial charge on any atom is -0.399 e. The third kappa shape index (κ3) is 2.70. The third-order valence-corrected chi connectivity index (χ3v) is 3.21. The van der Waals surface area contributed by atoms with Crippen molar-refractivity contribution >= 4 is 17.3 Å². The van der Waals surface area contributed by atoms with Crippen LogP contribution in [0, 0.1) is 0 Å². The average molecular weight is 233 g/mol. The molecule has 3 N–H and O–H groups in total. The minimum atomic E-state index is 0.113. The lowest BCUT2D eigenvalue weighted by molar-refractivity contribution is -0.120. The highest BCUT2D eigenvalue weighted by molar-refractivity contribution is 5.75. The van der Waals surface area contributed by atoms with Crippen LogP contribution in [0.25, 0.3) is 0 Å². The average Bonchev–Trinajstić information content (AvgIpc) is 2.71. The molecule has 0 saturated carbocycles. The van der Waals surface area contributed by atoms with Gasteiger partial charge < -0.3 is 16.0 Å². The van der Waals surface area contributed by atoms with Crippen LogP contribution in [-0.2, 0) is 11.2 Å². The Morgan fingerprint density at radius 3 is 3.12 bits per heavy atom. The van der Waals surface area contributed by atoms with Gasteiger partial charge in [-0.1, -0.05) is 0 Å². The van der Waals surface area contributed by atoms with Crippen molar-refractivity contribution in [2.75, 3.05) is 30.8 Å². The van der Waals surface area contributed by atoms with Gasteiger partial charge in [-0.25, -0.2) is 0 Å². The molecular formula is C13H19N3O. The summed E-state index contributed by atoms with van der Waals surface area (Å²) in [5.74, 6) is 0.113. The molecule has 4 heteroatoms. The van der Waals surface area contributed by atoms with Crippen molar-refractivity contribution in [2.24, 2.45) is 0 Å². The fourth-order valence-corrected chi connectivity index (χ4v) is 2.28. The summed E-state index contributed by atoms with van der Waals surface area (Å²) in [5.41, 5.74) is 9.19. The van der Waals surface area contributed by atoms with Crippen LogP contribution in [0.5, 0.6) is 0 Å². The second-order valence-electron chi connectivity index (χ2n) is 4.40. The molecule has 0 radical (unpaired) electrons. The smallest absolute Gasteiger partial charge is 0.219 e. The molecule has 1 aromatic carbocycles. The Morgan fingerprint density at radius 1 is 1.53 bits per heavy atom. The van der Waals surface area contributed by atoms with Crippen molar-refractivity contribution in [3.8, 4) is 0 Å². The molecule has 0 saturated heterocycles. The summed E-state index contributed by atoms with van der Waals surface area (Å²) in [4.78, 5) is 13.5. The number of amides is 1. The molecule has 1 heterocycles. The summed E-state index contributed by atoms with van der Waals surface area (Å²) >= 11 is 0. The zero-order valence-corrected chi connectivity index (χ0v) is 10.2. The largest absolute Gasteiger partial charge is 0.399 e. The van der Waals surface area contributed by atoms with Crippen LogP contribution in [0.3, 0.4) is 0 Å². The number of rotatable bonds is 4. The Morgan fingerprint density at radius 2 is 2.35 bits per heavy atom. The van der Waals surface area contributed by atoms with Crippen molar-refractivity contribution in [1.82, 2.24) is 5.32 Å². The molecule has 0 unspecified atom stereocenters. The minimum absolute atomic E-state index is 0.113. The Bertz CT molecular complexity index is 417. The van der Waals surface area contributed by atoms with E-state index in [0.29, 0.717) is 6.42 Å². The number of hydrogen-bond acceptors (Lipinski definition) is 3. The lowest BCUT2D eigenvalue weighted by Gasteiger charge is -2.19. The van der Waals surface area contributed by atoms with E-state index in [0.717, 1.165) is 31.6 Å². The predicted molar refractivity (Wildman–Crippen MR) is 70.1 cm³/mol. The predicted octanol–water partition coefficient (Wildman–Crippen LogP) is 1.16. The summed E-state index contributed by atoms with van der Waals surface area (Å²) in [6.07, 6.45) is 2.54. The lowest BCUT2D eigenvalue weighted by atomic mass is 10.1. The first kappa shape index (κ1) is 11.8. The van der Waals surface area contributed by atoms with Gasteiger partial charge in [-0.05, 0) is 36.6 Å². The van der Waals surface area contributed by atoms with Gasteiger partial charge in [0.05, 0.1) is 0 Å². The summed E-state index contributed by atoms with van der Waals surface area (Å²) in [6, 6.07) is 6.07. The Kier molecular flexibility index (Phi) is 3.52. The van der Waals surface area contributed by atoms with E-state index in [1.54, 1.807) is 7.05 Å². The Labute approximate surface area is 102 Å². The first-order chi connectivity index (χ1) is 8.20. The molecule has 0 spiro atoms. The van der Waals surface area contributed by atoms with E-state index in [2.05, 4.69) is 16.3 Å². The van der Waals surface area contributed by atoms with Gasteiger partial charge >= 0.3 is 0 Å². The maximum atomic E-state index is 11.1. The lowest BCUT2D eigenvalue weighted by Crippen LogP contribution is -2.24. The second kappa shape index (κ2) is 5.08. The maximum Gasteiger partial charge on any atom is 0.219 e. The van der Waals surface area contributed by atoms with Crippen LogP contribution in [-0.4, -0.2) is 26.0 Å². The zero-order chi connectivity index (χ0) is 12.3. The number of benzene rings is 1. The first-order valence-corrected chi connectivity index (χ1v) is 6.04. The number of nitrogens with two attached hydrogens (primary N) is 1. The molecule has 0 aliphatic carbocycles. The number of nitrogen functional groups attached to an aromatic ring is 1. The van der Waals surface area contributed by atoms with Crippen LogP contribution in [0.2, 0.25) is 0 Å².